The lowest BCUT2D eigenvalue weighted by molar-refractivity contribution is 0.0696. The van der Waals surface area contributed by atoms with Gasteiger partial charge in [0, 0.05) is 25.5 Å². The largest absolute Gasteiger partial charge is 0.339 e. The van der Waals surface area contributed by atoms with Crippen molar-refractivity contribution in [3.63, 3.8) is 0 Å². The molecular weight excluding hydrogens is 372 g/mol. The summed E-state index contributed by atoms with van der Waals surface area (Å²) in [5.41, 5.74) is 2.40. The van der Waals surface area contributed by atoms with E-state index in [4.69, 9.17) is 0 Å². The Kier molecular flexibility index (Phi) is 5.98. The Hall–Kier alpha value is -2.47. The molecule has 0 bridgehead atoms. The molecule has 0 N–H and O–H groups in total. The molecule has 0 radical (unpaired) electrons. The first-order chi connectivity index (χ1) is 13.3. The van der Waals surface area contributed by atoms with Crippen molar-refractivity contribution in [2.24, 2.45) is 5.92 Å². The molecule has 0 unspecified atom stereocenters. The number of aromatic nitrogens is 1. The Morgan fingerprint density at radius 2 is 1.96 bits per heavy atom. The third kappa shape index (κ3) is 4.50. The molecular formula is C22H26N2O3S. The molecule has 1 saturated heterocycles. The lowest BCUT2D eigenvalue weighted by Gasteiger charge is -2.30. The van der Waals surface area contributed by atoms with Crippen molar-refractivity contribution < 1.29 is 13.2 Å². The number of sulfone groups is 1. The van der Waals surface area contributed by atoms with E-state index in [1.165, 1.54) is 12.4 Å². The Bertz CT molecular complexity index is 991. The summed E-state index contributed by atoms with van der Waals surface area (Å²) in [6.07, 6.45) is 6.64. The number of aryl methyl sites for hydroxylation is 1. The van der Waals surface area contributed by atoms with Gasteiger partial charge in [-0.1, -0.05) is 31.7 Å². The van der Waals surface area contributed by atoms with Crippen molar-refractivity contribution in [3.05, 3.63) is 65.5 Å². The average molecular weight is 399 g/mol. The summed E-state index contributed by atoms with van der Waals surface area (Å²) in [6, 6.07) is 6.90. The molecule has 0 spiro atoms. The molecule has 6 heteroatoms. The number of hydrogen-bond donors (Lipinski definition) is 0. The maximum Gasteiger partial charge on any atom is 0.255 e. The van der Waals surface area contributed by atoms with Crippen LogP contribution in [0.4, 0.5) is 0 Å². The number of carbonyl (C=O) groups is 1. The first-order valence-corrected chi connectivity index (χ1v) is 11.1. The minimum absolute atomic E-state index is 0.0801. The maximum absolute atomic E-state index is 13.0. The Labute approximate surface area is 167 Å². The lowest BCUT2D eigenvalue weighted by Crippen LogP contribution is -2.38. The molecule has 28 heavy (non-hydrogen) atoms. The molecule has 1 amide bonds. The van der Waals surface area contributed by atoms with Crippen LogP contribution in [0.5, 0.6) is 0 Å². The number of piperidine rings is 1. The van der Waals surface area contributed by atoms with Crippen molar-refractivity contribution in [2.75, 3.05) is 13.1 Å². The number of nitrogens with zero attached hydrogens (tertiary/aromatic N) is 2. The van der Waals surface area contributed by atoms with Crippen LogP contribution >= 0.6 is 0 Å². The van der Waals surface area contributed by atoms with Crippen LogP contribution in [0.3, 0.4) is 0 Å². The van der Waals surface area contributed by atoms with Gasteiger partial charge in [0.2, 0.25) is 0 Å². The van der Waals surface area contributed by atoms with Crippen LogP contribution in [0.2, 0.25) is 0 Å². The van der Waals surface area contributed by atoms with Crippen LogP contribution in [-0.2, 0) is 15.6 Å². The van der Waals surface area contributed by atoms with Crippen LogP contribution in [-0.4, -0.2) is 37.3 Å². The number of hydrogen-bond acceptors (Lipinski definition) is 4. The number of rotatable bonds is 5. The number of pyridine rings is 1. The zero-order valence-corrected chi connectivity index (χ0v) is 17.2. The minimum atomic E-state index is -3.56. The van der Waals surface area contributed by atoms with E-state index in [0.717, 1.165) is 31.5 Å². The van der Waals surface area contributed by atoms with Gasteiger partial charge in [-0.05, 0) is 54.5 Å². The maximum atomic E-state index is 13.0. The Morgan fingerprint density at radius 1 is 1.25 bits per heavy atom. The zero-order valence-electron chi connectivity index (χ0n) is 16.4. The first-order valence-electron chi connectivity index (χ1n) is 9.49. The van der Waals surface area contributed by atoms with Gasteiger partial charge in [-0.3, -0.25) is 9.78 Å². The van der Waals surface area contributed by atoms with Gasteiger partial charge in [0.15, 0.2) is 9.84 Å². The van der Waals surface area contributed by atoms with Gasteiger partial charge in [-0.15, -0.1) is 0 Å². The van der Waals surface area contributed by atoms with Crippen LogP contribution in [0.15, 0.2) is 48.1 Å². The highest BCUT2D eigenvalue weighted by Gasteiger charge is 2.23. The molecule has 2 aromatic rings. The molecule has 1 aromatic carbocycles. The average Bonchev–Trinajstić information content (AvgIpc) is 2.68. The number of benzene rings is 1. The third-order valence-corrected chi connectivity index (χ3v) is 7.08. The smallest absolute Gasteiger partial charge is 0.255 e. The molecule has 1 fully saturated rings. The van der Waals surface area contributed by atoms with Crippen molar-refractivity contribution in [2.45, 2.75) is 37.3 Å². The van der Waals surface area contributed by atoms with Gasteiger partial charge in [0.05, 0.1) is 16.2 Å². The number of likely N-dealkylation sites (tertiary alicyclic amines) is 1. The lowest BCUT2D eigenvalue weighted by atomic mass is 9.99. The SMILES string of the molecule is C=Cc1ccc(C)c(S(=O)(=O)Cc2cncc(C(=O)N3CCC(C)CC3)c2)c1. The second-order valence-corrected chi connectivity index (χ2v) is 9.50. The predicted octanol–water partition coefficient (Wildman–Crippen LogP) is 3.88. The Morgan fingerprint density at radius 3 is 2.64 bits per heavy atom. The molecule has 1 aliphatic heterocycles. The zero-order chi connectivity index (χ0) is 20.3. The van der Waals surface area contributed by atoms with Crippen molar-refractivity contribution in [1.29, 1.82) is 0 Å². The monoisotopic (exact) mass is 398 g/mol. The fourth-order valence-electron chi connectivity index (χ4n) is 3.45. The molecule has 1 aliphatic rings. The number of amides is 1. The predicted molar refractivity (Wildman–Crippen MR) is 111 cm³/mol. The first kappa shape index (κ1) is 20.3. The van der Waals surface area contributed by atoms with Crippen molar-refractivity contribution >= 4 is 21.8 Å². The Balaban J connectivity index is 1.82. The standard InChI is InChI=1S/C22H26N2O3S/c1-4-18-6-5-17(3)21(12-18)28(26,27)15-19-11-20(14-23-13-19)22(25)24-9-7-16(2)8-10-24/h4-6,11-14,16H,1,7-10,15H2,2-3H3. The minimum Gasteiger partial charge on any atom is -0.339 e. The summed E-state index contributed by atoms with van der Waals surface area (Å²) in [4.78, 5) is 19.0. The molecule has 0 saturated carbocycles. The molecule has 3 rings (SSSR count). The van der Waals surface area contributed by atoms with Gasteiger partial charge in [-0.2, -0.15) is 0 Å². The fourth-order valence-corrected chi connectivity index (χ4v) is 5.08. The number of carbonyl (C=O) groups excluding carboxylic acids is 1. The van der Waals surface area contributed by atoms with Crippen LogP contribution in [0.1, 0.15) is 46.8 Å². The summed E-state index contributed by atoms with van der Waals surface area (Å²) >= 11 is 0. The molecule has 1 aromatic heterocycles. The summed E-state index contributed by atoms with van der Waals surface area (Å²) < 4.78 is 25.9. The summed E-state index contributed by atoms with van der Waals surface area (Å²) in [6.45, 7) is 9.13. The molecule has 0 atom stereocenters. The summed E-state index contributed by atoms with van der Waals surface area (Å²) in [7, 11) is -3.56. The fraction of sp³-hybridized carbons (Fsp3) is 0.364. The van der Waals surface area contributed by atoms with E-state index in [9.17, 15) is 13.2 Å². The summed E-state index contributed by atoms with van der Waals surface area (Å²) in [5, 5.41) is 0. The van der Waals surface area contributed by atoms with Gasteiger partial charge in [0.25, 0.3) is 5.91 Å². The van der Waals surface area contributed by atoms with E-state index < -0.39 is 9.84 Å². The van der Waals surface area contributed by atoms with E-state index in [2.05, 4.69) is 18.5 Å². The van der Waals surface area contributed by atoms with Crippen LogP contribution in [0, 0.1) is 12.8 Å². The van der Waals surface area contributed by atoms with Gasteiger partial charge in [-0.25, -0.2) is 8.42 Å². The van der Waals surface area contributed by atoms with E-state index in [1.54, 1.807) is 31.2 Å². The van der Waals surface area contributed by atoms with E-state index >= 15 is 0 Å². The van der Waals surface area contributed by atoms with E-state index in [1.807, 2.05) is 11.0 Å². The molecule has 5 nitrogen and oxygen atoms in total. The van der Waals surface area contributed by atoms with Gasteiger partial charge in [0.1, 0.15) is 0 Å². The van der Waals surface area contributed by atoms with E-state index in [0.29, 0.717) is 22.6 Å². The van der Waals surface area contributed by atoms with Gasteiger partial charge < -0.3 is 4.90 Å². The third-order valence-electron chi connectivity index (χ3n) is 5.25. The van der Waals surface area contributed by atoms with Gasteiger partial charge >= 0.3 is 0 Å². The van der Waals surface area contributed by atoms with Crippen LogP contribution < -0.4 is 0 Å². The summed E-state index contributed by atoms with van der Waals surface area (Å²) in [5.74, 6) is 0.358. The normalized spacial score (nSPS) is 15.4. The highest BCUT2D eigenvalue weighted by Crippen LogP contribution is 2.23. The molecule has 0 aliphatic carbocycles. The highest BCUT2D eigenvalue weighted by atomic mass is 32.2. The molecule has 2 heterocycles. The van der Waals surface area contributed by atoms with Crippen LogP contribution in [0.25, 0.3) is 6.08 Å². The highest BCUT2D eigenvalue weighted by molar-refractivity contribution is 7.90. The topological polar surface area (TPSA) is 67.3 Å². The second-order valence-electron chi connectivity index (χ2n) is 7.54. The quantitative estimate of drug-likeness (QED) is 0.767. The molecule has 148 valence electrons. The van der Waals surface area contributed by atoms with Crippen molar-refractivity contribution in [3.8, 4) is 0 Å². The van der Waals surface area contributed by atoms with Crippen molar-refractivity contribution in [1.82, 2.24) is 9.88 Å². The van der Waals surface area contributed by atoms with E-state index in [-0.39, 0.29) is 16.6 Å². The second kappa shape index (κ2) is 8.27.